The van der Waals surface area contributed by atoms with Gasteiger partial charge in [-0.05, 0) is 45.4 Å². The topological polar surface area (TPSA) is 66.0 Å². The maximum absolute atomic E-state index is 12.4. The van der Waals surface area contributed by atoms with Crippen LogP contribution in [0, 0.1) is 6.92 Å². The van der Waals surface area contributed by atoms with E-state index in [0.29, 0.717) is 11.4 Å². The molecule has 6 heteroatoms. The summed E-state index contributed by atoms with van der Waals surface area (Å²) in [5, 5.41) is 12.1. The zero-order valence-corrected chi connectivity index (χ0v) is 13.5. The Morgan fingerprint density at radius 1 is 1.29 bits per heavy atom. The highest BCUT2D eigenvalue weighted by atomic mass is 79.9. The Kier molecular flexibility index (Phi) is 3.65. The van der Waals surface area contributed by atoms with Crippen LogP contribution in [0.15, 0.2) is 45.0 Å². The second-order valence-electron chi connectivity index (χ2n) is 4.53. The normalized spacial score (nSPS) is 10.8. The Bertz CT molecular complexity index is 870. The molecule has 0 aliphatic carbocycles. The first-order chi connectivity index (χ1) is 10.1. The summed E-state index contributed by atoms with van der Waals surface area (Å²) < 4.78 is 0.832. The molecule has 21 heavy (non-hydrogen) atoms. The van der Waals surface area contributed by atoms with Crippen LogP contribution < -0.4 is 5.56 Å². The lowest BCUT2D eigenvalue weighted by atomic mass is 10.0. The smallest absolute Gasteiger partial charge is 0.262 e. The number of aryl methyl sites for hydroxylation is 1. The molecule has 4 nitrogen and oxygen atoms in total. The number of hydrogen-bond acceptors (Lipinski definition) is 4. The van der Waals surface area contributed by atoms with Crippen LogP contribution in [0.1, 0.15) is 5.56 Å². The highest BCUT2D eigenvalue weighted by Crippen LogP contribution is 2.33. The van der Waals surface area contributed by atoms with Gasteiger partial charge in [0, 0.05) is 4.47 Å². The predicted octanol–water partition coefficient (Wildman–Crippen LogP) is 3.94. The van der Waals surface area contributed by atoms with Gasteiger partial charge in [0.05, 0.1) is 4.88 Å². The number of aromatic amines is 1. The van der Waals surface area contributed by atoms with Crippen molar-refractivity contribution in [2.45, 2.75) is 6.92 Å². The molecular formula is C15H11BrN2O2S. The number of aromatic hydroxyl groups is 1. The van der Waals surface area contributed by atoms with Gasteiger partial charge in [0.1, 0.15) is 5.56 Å². The molecule has 0 unspecified atom stereocenters. The molecule has 0 fully saturated rings. The van der Waals surface area contributed by atoms with Crippen LogP contribution in [0.4, 0.5) is 0 Å². The number of thiophene rings is 1. The third kappa shape index (κ3) is 2.52. The van der Waals surface area contributed by atoms with E-state index in [1.807, 2.05) is 36.6 Å². The number of nitrogens with zero attached hydrogens (tertiary/aromatic N) is 1. The minimum absolute atomic E-state index is 0.199. The van der Waals surface area contributed by atoms with Crippen molar-refractivity contribution in [3.8, 4) is 27.7 Å². The number of halogens is 1. The summed E-state index contributed by atoms with van der Waals surface area (Å²) in [5.41, 5.74) is 1.43. The minimum atomic E-state index is -0.355. The van der Waals surface area contributed by atoms with Gasteiger partial charge in [0.25, 0.3) is 5.56 Å². The molecule has 0 saturated carbocycles. The lowest BCUT2D eigenvalue weighted by Gasteiger charge is -2.08. The summed E-state index contributed by atoms with van der Waals surface area (Å²) >= 11 is 4.83. The van der Waals surface area contributed by atoms with Gasteiger partial charge < -0.3 is 10.1 Å². The van der Waals surface area contributed by atoms with Crippen LogP contribution >= 0.6 is 27.3 Å². The zero-order valence-electron chi connectivity index (χ0n) is 11.1. The van der Waals surface area contributed by atoms with Gasteiger partial charge >= 0.3 is 0 Å². The molecule has 106 valence electrons. The van der Waals surface area contributed by atoms with Gasteiger partial charge in [0.15, 0.2) is 5.82 Å². The average molecular weight is 363 g/mol. The van der Waals surface area contributed by atoms with E-state index in [0.717, 1.165) is 14.9 Å². The maximum atomic E-state index is 12.4. The second-order valence-corrected chi connectivity index (χ2v) is 6.30. The summed E-state index contributed by atoms with van der Waals surface area (Å²) in [6.07, 6.45) is 0. The monoisotopic (exact) mass is 362 g/mol. The molecule has 0 aliphatic rings. The third-order valence-corrected chi connectivity index (χ3v) is 4.99. The lowest BCUT2D eigenvalue weighted by molar-refractivity contribution is 0.454. The Morgan fingerprint density at radius 2 is 2.05 bits per heavy atom. The molecule has 0 spiro atoms. The number of H-pyrrole nitrogens is 1. The Morgan fingerprint density at radius 3 is 2.67 bits per heavy atom. The SMILES string of the molecule is Cc1ccccc1-c1c(O)nc(-c2sccc2Br)[nH]c1=O. The lowest BCUT2D eigenvalue weighted by Crippen LogP contribution is -2.12. The molecule has 0 atom stereocenters. The highest BCUT2D eigenvalue weighted by Gasteiger charge is 2.16. The average Bonchev–Trinajstić information content (AvgIpc) is 2.86. The Hall–Kier alpha value is -1.92. The molecule has 2 N–H and O–H groups in total. The molecule has 3 aromatic rings. The number of nitrogens with one attached hydrogen (secondary N) is 1. The van der Waals surface area contributed by atoms with Crippen molar-refractivity contribution < 1.29 is 5.11 Å². The molecule has 2 aromatic heterocycles. The Labute approximate surface area is 133 Å². The number of rotatable bonds is 2. The van der Waals surface area contributed by atoms with Crippen molar-refractivity contribution >= 4 is 27.3 Å². The highest BCUT2D eigenvalue weighted by molar-refractivity contribution is 9.10. The van der Waals surface area contributed by atoms with Crippen molar-refractivity contribution in [2.24, 2.45) is 0 Å². The first-order valence-electron chi connectivity index (χ1n) is 6.20. The van der Waals surface area contributed by atoms with E-state index in [1.165, 1.54) is 11.3 Å². The fraction of sp³-hybridized carbons (Fsp3) is 0.0667. The van der Waals surface area contributed by atoms with E-state index in [9.17, 15) is 9.90 Å². The number of benzene rings is 1. The summed E-state index contributed by atoms with van der Waals surface area (Å²) in [7, 11) is 0. The summed E-state index contributed by atoms with van der Waals surface area (Å²) in [6, 6.07) is 9.26. The van der Waals surface area contributed by atoms with E-state index in [1.54, 1.807) is 6.07 Å². The van der Waals surface area contributed by atoms with Crippen molar-refractivity contribution in [3.63, 3.8) is 0 Å². The van der Waals surface area contributed by atoms with E-state index >= 15 is 0 Å². The van der Waals surface area contributed by atoms with Crippen LogP contribution in [0.2, 0.25) is 0 Å². The summed E-state index contributed by atoms with van der Waals surface area (Å²) in [6.45, 7) is 1.89. The van der Waals surface area contributed by atoms with Crippen LogP contribution in [0.3, 0.4) is 0 Å². The Balaban J connectivity index is 2.21. The largest absolute Gasteiger partial charge is 0.493 e. The van der Waals surface area contributed by atoms with Crippen molar-refractivity contribution in [2.75, 3.05) is 0 Å². The summed E-state index contributed by atoms with van der Waals surface area (Å²) in [4.78, 5) is 20.0. The molecule has 0 radical (unpaired) electrons. The molecule has 1 aromatic carbocycles. The third-order valence-electron chi connectivity index (χ3n) is 3.15. The van der Waals surface area contributed by atoms with E-state index < -0.39 is 0 Å². The van der Waals surface area contributed by atoms with Gasteiger partial charge in [-0.25, -0.2) is 0 Å². The number of hydrogen-bond donors (Lipinski definition) is 2. The second kappa shape index (κ2) is 5.46. The maximum Gasteiger partial charge on any atom is 0.262 e. The zero-order chi connectivity index (χ0) is 15.0. The quantitative estimate of drug-likeness (QED) is 0.725. The number of aromatic nitrogens is 2. The van der Waals surface area contributed by atoms with E-state index in [2.05, 4.69) is 25.9 Å². The van der Waals surface area contributed by atoms with Crippen LogP contribution in [-0.4, -0.2) is 15.1 Å². The van der Waals surface area contributed by atoms with E-state index in [4.69, 9.17) is 0 Å². The first-order valence-corrected chi connectivity index (χ1v) is 7.88. The van der Waals surface area contributed by atoms with Gasteiger partial charge in [-0.3, -0.25) is 4.79 Å². The van der Waals surface area contributed by atoms with Gasteiger partial charge in [-0.1, -0.05) is 24.3 Å². The van der Waals surface area contributed by atoms with Gasteiger partial charge in [-0.15, -0.1) is 11.3 Å². The fourth-order valence-electron chi connectivity index (χ4n) is 2.13. The first kappa shape index (κ1) is 14.0. The van der Waals surface area contributed by atoms with E-state index in [-0.39, 0.29) is 17.0 Å². The minimum Gasteiger partial charge on any atom is -0.493 e. The van der Waals surface area contributed by atoms with Crippen molar-refractivity contribution in [1.82, 2.24) is 9.97 Å². The van der Waals surface area contributed by atoms with Gasteiger partial charge in [0.2, 0.25) is 5.88 Å². The molecule has 0 bridgehead atoms. The molecule has 3 rings (SSSR count). The standard InChI is InChI=1S/C15H11BrN2O2S/c1-8-4-2-3-5-9(8)11-14(19)17-13(18-15(11)20)12-10(16)6-7-21-12/h2-7H,1H3,(H2,17,18,19,20). The van der Waals surface area contributed by atoms with Crippen molar-refractivity contribution in [3.05, 3.63) is 56.1 Å². The molecular weight excluding hydrogens is 352 g/mol. The molecule has 2 heterocycles. The fourth-order valence-corrected chi connectivity index (χ4v) is 3.63. The van der Waals surface area contributed by atoms with Crippen LogP contribution in [0.5, 0.6) is 5.88 Å². The van der Waals surface area contributed by atoms with Gasteiger partial charge in [-0.2, -0.15) is 4.98 Å². The molecule has 0 amide bonds. The molecule has 0 saturated heterocycles. The predicted molar refractivity (Wildman–Crippen MR) is 87.7 cm³/mol. The molecule has 0 aliphatic heterocycles. The van der Waals surface area contributed by atoms with Crippen LogP contribution in [0.25, 0.3) is 21.8 Å². The van der Waals surface area contributed by atoms with Crippen molar-refractivity contribution in [1.29, 1.82) is 0 Å². The summed E-state index contributed by atoms with van der Waals surface area (Å²) in [5.74, 6) is 0.0973. The van der Waals surface area contributed by atoms with Crippen LogP contribution in [-0.2, 0) is 0 Å².